The molecule has 0 heterocycles. The SMILES string of the molecule is O=C(O)OC(=O)OC(=O)O.[Cs+].[Cs+].[H-].[H-].[H-].[H-].[K+].[K+]. The minimum atomic E-state index is -1.92. The summed E-state index contributed by atoms with van der Waals surface area (Å²) in [5, 5.41) is 15.4. The summed E-state index contributed by atoms with van der Waals surface area (Å²) in [5.74, 6) is 0. The molecule has 0 fully saturated rings. The van der Waals surface area contributed by atoms with Crippen molar-refractivity contribution in [3.05, 3.63) is 0 Å². The van der Waals surface area contributed by atoms with E-state index in [1.807, 2.05) is 0 Å². The molecular formula is C3H6Cs2K2O7. The normalized spacial score (nSPS) is 5.71. The van der Waals surface area contributed by atoms with Crippen LogP contribution in [0.5, 0.6) is 0 Å². The smallest absolute Gasteiger partial charge is 1.00 e. The van der Waals surface area contributed by atoms with Crippen LogP contribution in [-0.4, -0.2) is 28.7 Å². The Morgan fingerprint density at radius 3 is 1.21 bits per heavy atom. The van der Waals surface area contributed by atoms with E-state index >= 15 is 0 Å². The van der Waals surface area contributed by atoms with Crippen molar-refractivity contribution >= 4 is 18.5 Å². The molecule has 0 spiro atoms. The second-order valence-corrected chi connectivity index (χ2v) is 0.986. The molecule has 0 saturated heterocycles. The number of rotatable bonds is 0. The Bertz CT molecular complexity index is 182. The maximum atomic E-state index is 9.86. The van der Waals surface area contributed by atoms with Crippen molar-refractivity contribution in [3.8, 4) is 0 Å². The summed E-state index contributed by atoms with van der Waals surface area (Å²) in [6.07, 6.45) is -5.64. The van der Waals surface area contributed by atoms with Crippen LogP contribution in [0.2, 0.25) is 0 Å². The van der Waals surface area contributed by atoms with E-state index in [-0.39, 0.29) is 246 Å². The number of carbonyl (C=O) groups excluding carboxylic acids is 1. The largest absolute Gasteiger partial charge is 1.00 e. The summed E-state index contributed by atoms with van der Waals surface area (Å²) in [5.41, 5.74) is 0. The van der Waals surface area contributed by atoms with Crippen LogP contribution in [0.15, 0.2) is 0 Å². The molecule has 0 aliphatic carbocycles. The van der Waals surface area contributed by atoms with Crippen molar-refractivity contribution in [2.75, 3.05) is 0 Å². The van der Waals surface area contributed by atoms with Crippen LogP contribution < -0.4 is 241 Å². The molecule has 11 heteroatoms. The molecular weight excluding hydrogens is 492 g/mol. The molecule has 2 N–H and O–H groups in total. The summed E-state index contributed by atoms with van der Waals surface area (Å²) in [6, 6.07) is 0. The summed E-state index contributed by atoms with van der Waals surface area (Å²) < 4.78 is 6.47. The second kappa shape index (κ2) is 20.9. The molecule has 0 rings (SSSR count). The van der Waals surface area contributed by atoms with E-state index in [4.69, 9.17) is 10.2 Å². The predicted octanol–water partition coefficient (Wildman–Crippen LogP) is -11.0. The van der Waals surface area contributed by atoms with Crippen LogP contribution in [-0.2, 0) is 9.47 Å². The Labute approximate surface area is 288 Å². The number of carboxylic acid groups (broad SMARTS) is 2. The van der Waals surface area contributed by atoms with Crippen LogP contribution in [0.1, 0.15) is 5.71 Å². The molecule has 0 bridgehead atoms. The van der Waals surface area contributed by atoms with Gasteiger partial charge in [-0.3, -0.25) is 0 Å². The summed E-state index contributed by atoms with van der Waals surface area (Å²) >= 11 is 0. The molecule has 0 amide bonds. The molecule has 0 aromatic carbocycles. The standard InChI is InChI=1S/C3H2O7.2Cs.2K.4H/c4-1(5)9-3(8)10-2(6)7;;;;;;;;/h(H,4,5)(H,6,7);;;;;;;;/q;4*+1;4*-1. The number of hydrogen-bond acceptors (Lipinski definition) is 5. The van der Waals surface area contributed by atoms with Gasteiger partial charge < -0.3 is 25.4 Å². The van der Waals surface area contributed by atoms with E-state index in [0.717, 1.165) is 0 Å². The molecule has 0 unspecified atom stereocenters. The molecule has 64 valence electrons. The minimum Gasteiger partial charge on any atom is -1.00 e. The molecule has 0 aromatic heterocycles. The Kier molecular flexibility index (Phi) is 47.5. The van der Waals surface area contributed by atoms with Crippen LogP contribution in [0.4, 0.5) is 14.4 Å². The van der Waals surface area contributed by atoms with E-state index in [1.165, 1.54) is 0 Å². The molecule has 0 atom stereocenters. The van der Waals surface area contributed by atoms with E-state index in [9.17, 15) is 14.4 Å². The van der Waals surface area contributed by atoms with Gasteiger partial charge in [-0.2, -0.15) is 0 Å². The van der Waals surface area contributed by atoms with Gasteiger partial charge in [0, 0.05) is 0 Å². The fraction of sp³-hybridized carbons (Fsp3) is 0. The quantitative estimate of drug-likeness (QED) is 0.194. The predicted molar refractivity (Wildman–Crippen MR) is 28.1 cm³/mol. The van der Waals surface area contributed by atoms with Gasteiger partial charge in [0.2, 0.25) is 0 Å². The molecule has 0 aliphatic rings. The van der Waals surface area contributed by atoms with Crippen molar-refractivity contribution in [1.82, 2.24) is 0 Å². The van der Waals surface area contributed by atoms with Crippen molar-refractivity contribution in [1.29, 1.82) is 0 Å². The summed E-state index contributed by atoms with van der Waals surface area (Å²) in [4.78, 5) is 28.8. The summed E-state index contributed by atoms with van der Waals surface area (Å²) in [6.45, 7) is 0. The first kappa shape index (κ1) is 31.8. The first-order chi connectivity index (χ1) is 4.52. The van der Waals surface area contributed by atoms with Crippen LogP contribution >= 0.6 is 0 Å². The van der Waals surface area contributed by atoms with Gasteiger partial charge in [-0.1, -0.05) is 0 Å². The van der Waals surface area contributed by atoms with Gasteiger partial charge in [-0.05, 0) is 0 Å². The topological polar surface area (TPSA) is 110 Å². The van der Waals surface area contributed by atoms with Gasteiger partial charge in [0.1, 0.15) is 0 Å². The maximum absolute atomic E-state index is 9.86. The first-order valence-electron chi connectivity index (χ1n) is 1.88. The van der Waals surface area contributed by atoms with Crippen molar-refractivity contribution in [2.24, 2.45) is 0 Å². The average molecular weight is 498 g/mol. The van der Waals surface area contributed by atoms with Gasteiger partial charge in [0.25, 0.3) is 0 Å². The number of ether oxygens (including phenoxy) is 2. The second-order valence-electron chi connectivity index (χ2n) is 0.986. The average Bonchev–Trinajstić information content (AvgIpc) is 1.58. The van der Waals surface area contributed by atoms with Gasteiger partial charge in [-0.25, -0.2) is 14.4 Å². The Morgan fingerprint density at radius 2 is 1.07 bits per heavy atom. The van der Waals surface area contributed by atoms with E-state index in [2.05, 4.69) is 9.47 Å². The van der Waals surface area contributed by atoms with Gasteiger partial charge in [-0.15, -0.1) is 0 Å². The third-order valence-corrected chi connectivity index (χ3v) is 0.341. The van der Waals surface area contributed by atoms with E-state index < -0.39 is 18.5 Å². The summed E-state index contributed by atoms with van der Waals surface area (Å²) in [7, 11) is 0. The van der Waals surface area contributed by atoms with Crippen LogP contribution in [0.3, 0.4) is 0 Å². The van der Waals surface area contributed by atoms with Crippen molar-refractivity contribution in [3.63, 3.8) is 0 Å². The van der Waals surface area contributed by atoms with Gasteiger partial charge in [0.15, 0.2) is 0 Å². The Balaban J connectivity index is -0.0000000145. The zero-order chi connectivity index (χ0) is 8.15. The molecule has 7 nitrogen and oxygen atoms in total. The van der Waals surface area contributed by atoms with Crippen LogP contribution in [0.25, 0.3) is 0 Å². The van der Waals surface area contributed by atoms with Crippen molar-refractivity contribution in [2.45, 2.75) is 0 Å². The zero-order valence-electron chi connectivity index (χ0n) is 12.4. The Hall–Kier alpha value is 5.59. The fourth-order valence-electron chi connectivity index (χ4n) is 0.163. The Morgan fingerprint density at radius 1 is 0.857 bits per heavy atom. The zero-order valence-corrected chi connectivity index (χ0v) is 27.2. The molecule has 0 aliphatic heterocycles. The fourth-order valence-corrected chi connectivity index (χ4v) is 0.163. The number of carbonyl (C=O) groups is 3. The molecule has 0 radical (unpaired) electrons. The molecule has 0 aromatic rings. The number of hydrogen-bond donors (Lipinski definition) is 2. The van der Waals surface area contributed by atoms with E-state index in [0.29, 0.717) is 0 Å². The molecule has 0 saturated carbocycles. The van der Waals surface area contributed by atoms with E-state index in [1.54, 1.807) is 0 Å². The maximum Gasteiger partial charge on any atom is 1.00 e. The van der Waals surface area contributed by atoms with Gasteiger partial charge >= 0.3 is 259 Å². The monoisotopic (exact) mass is 498 g/mol. The van der Waals surface area contributed by atoms with Crippen molar-refractivity contribution < 1.29 is 280 Å². The van der Waals surface area contributed by atoms with Crippen LogP contribution in [0, 0.1) is 0 Å². The molecule has 14 heavy (non-hydrogen) atoms. The van der Waals surface area contributed by atoms with Gasteiger partial charge in [0.05, 0.1) is 0 Å². The minimum absolute atomic E-state index is 0. The first-order valence-corrected chi connectivity index (χ1v) is 1.88. The third kappa shape index (κ3) is 26.2. The third-order valence-electron chi connectivity index (χ3n) is 0.341.